The molecule has 2 aliphatic rings. The lowest BCUT2D eigenvalue weighted by molar-refractivity contribution is -0.0835. The summed E-state index contributed by atoms with van der Waals surface area (Å²) in [6, 6.07) is 0. The summed E-state index contributed by atoms with van der Waals surface area (Å²) in [4.78, 5) is 6.82. The summed E-state index contributed by atoms with van der Waals surface area (Å²) >= 11 is 0. The maximum absolute atomic E-state index is 6.08. The third kappa shape index (κ3) is 7.59. The Bertz CT molecular complexity index is 403. The van der Waals surface area contributed by atoms with Crippen molar-refractivity contribution in [1.29, 1.82) is 0 Å². The summed E-state index contributed by atoms with van der Waals surface area (Å²) in [5.74, 6) is 2.26. The van der Waals surface area contributed by atoms with E-state index in [0.717, 1.165) is 31.6 Å². The lowest BCUT2D eigenvalue weighted by Crippen LogP contribution is -2.48. The Hall–Kier alpha value is -0.0800. The number of piperidine rings is 1. The first kappa shape index (κ1) is 23.0. The monoisotopic (exact) mass is 466 g/mol. The van der Waals surface area contributed by atoms with Crippen molar-refractivity contribution in [2.45, 2.75) is 52.6 Å². The van der Waals surface area contributed by atoms with Crippen LogP contribution in [0.1, 0.15) is 46.5 Å². The first-order valence-electron chi connectivity index (χ1n) is 9.65. The topological polar surface area (TPSA) is 48.9 Å². The fraction of sp³-hybridized carbons (Fsp3) is 0.947. The van der Waals surface area contributed by atoms with Crippen molar-refractivity contribution in [3.63, 3.8) is 0 Å². The van der Waals surface area contributed by atoms with E-state index < -0.39 is 0 Å². The van der Waals surface area contributed by atoms with Gasteiger partial charge in [0.05, 0.1) is 6.10 Å². The molecule has 0 radical (unpaired) electrons. The molecule has 6 heteroatoms. The van der Waals surface area contributed by atoms with Gasteiger partial charge in [0, 0.05) is 32.7 Å². The van der Waals surface area contributed by atoms with Crippen molar-refractivity contribution < 1.29 is 4.74 Å². The van der Waals surface area contributed by atoms with Crippen LogP contribution in [0, 0.1) is 17.3 Å². The molecule has 0 aliphatic carbocycles. The molecule has 0 amide bonds. The average molecular weight is 466 g/mol. The van der Waals surface area contributed by atoms with E-state index >= 15 is 0 Å². The largest absolute Gasteiger partial charge is 0.377 e. The Morgan fingerprint density at radius 2 is 1.76 bits per heavy atom. The van der Waals surface area contributed by atoms with Crippen LogP contribution in [-0.2, 0) is 4.74 Å². The van der Waals surface area contributed by atoms with Crippen molar-refractivity contribution in [3.05, 3.63) is 0 Å². The number of hydrogen-bond acceptors (Lipinski definition) is 3. The van der Waals surface area contributed by atoms with E-state index in [1.54, 1.807) is 0 Å². The van der Waals surface area contributed by atoms with Gasteiger partial charge >= 0.3 is 0 Å². The summed E-state index contributed by atoms with van der Waals surface area (Å²) in [7, 11) is 4.07. The van der Waals surface area contributed by atoms with Crippen LogP contribution in [0.15, 0.2) is 4.99 Å². The second-order valence-electron chi connectivity index (χ2n) is 8.64. The molecule has 2 heterocycles. The van der Waals surface area contributed by atoms with Gasteiger partial charge in [-0.15, -0.1) is 24.0 Å². The summed E-state index contributed by atoms with van der Waals surface area (Å²) in [6.07, 6.45) is 5.29. The summed E-state index contributed by atoms with van der Waals surface area (Å²) < 4.78 is 6.08. The molecule has 5 nitrogen and oxygen atoms in total. The lowest BCUT2D eigenvalue weighted by atomic mass is 9.78. The molecule has 0 aromatic rings. The van der Waals surface area contributed by atoms with Gasteiger partial charge < -0.3 is 20.3 Å². The van der Waals surface area contributed by atoms with Crippen LogP contribution in [0.4, 0.5) is 0 Å². The van der Waals surface area contributed by atoms with Gasteiger partial charge in [0.2, 0.25) is 0 Å². The summed E-state index contributed by atoms with van der Waals surface area (Å²) in [5.41, 5.74) is 0.192. The second kappa shape index (κ2) is 10.9. The molecule has 25 heavy (non-hydrogen) atoms. The number of nitrogens with zero attached hydrogens (tertiary/aromatic N) is 2. The number of guanidine groups is 1. The zero-order valence-electron chi connectivity index (χ0n) is 16.8. The Balaban J connectivity index is 0.00000312. The van der Waals surface area contributed by atoms with Crippen molar-refractivity contribution in [3.8, 4) is 0 Å². The van der Waals surface area contributed by atoms with E-state index in [9.17, 15) is 0 Å². The number of nitrogens with one attached hydrogen (secondary N) is 2. The molecule has 2 fully saturated rings. The smallest absolute Gasteiger partial charge is 0.190 e. The third-order valence-corrected chi connectivity index (χ3v) is 5.45. The third-order valence-electron chi connectivity index (χ3n) is 5.45. The lowest BCUT2D eigenvalue weighted by Gasteiger charge is -2.40. The summed E-state index contributed by atoms with van der Waals surface area (Å²) in [5, 5.41) is 7.06. The molecule has 0 spiro atoms. The normalized spacial score (nSPS) is 26.8. The van der Waals surface area contributed by atoms with Crippen LogP contribution < -0.4 is 10.6 Å². The molecular weight excluding hydrogens is 427 g/mol. The highest BCUT2D eigenvalue weighted by molar-refractivity contribution is 14.0. The SMILES string of the molecule is CN=C(NCC1CCN(C)CC1)NCC1CCCOC1C(C)(C)C.I. The number of hydrogen-bond donors (Lipinski definition) is 2. The molecule has 2 rings (SSSR count). The van der Waals surface area contributed by atoms with Crippen LogP contribution in [-0.4, -0.2) is 63.8 Å². The molecule has 2 atom stereocenters. The van der Waals surface area contributed by atoms with Gasteiger partial charge in [0.1, 0.15) is 0 Å². The Kier molecular flexibility index (Phi) is 10.0. The molecule has 0 aromatic carbocycles. The van der Waals surface area contributed by atoms with Gasteiger partial charge in [-0.1, -0.05) is 20.8 Å². The first-order chi connectivity index (χ1) is 11.4. The van der Waals surface area contributed by atoms with E-state index in [1.807, 2.05) is 7.05 Å². The molecule has 2 unspecified atom stereocenters. The van der Waals surface area contributed by atoms with Crippen LogP contribution in [0.2, 0.25) is 0 Å². The number of likely N-dealkylation sites (tertiary alicyclic amines) is 1. The van der Waals surface area contributed by atoms with Gasteiger partial charge in [-0.25, -0.2) is 0 Å². The highest BCUT2D eigenvalue weighted by atomic mass is 127. The number of halogens is 1. The van der Waals surface area contributed by atoms with E-state index in [0.29, 0.717) is 12.0 Å². The van der Waals surface area contributed by atoms with Gasteiger partial charge in [-0.05, 0) is 57.2 Å². The van der Waals surface area contributed by atoms with Crippen LogP contribution >= 0.6 is 24.0 Å². The molecule has 2 aliphatic heterocycles. The van der Waals surface area contributed by atoms with Crippen molar-refractivity contribution >= 4 is 29.9 Å². The molecular formula is C19H39IN4O. The highest BCUT2D eigenvalue weighted by Gasteiger charge is 2.35. The van der Waals surface area contributed by atoms with Gasteiger partial charge in [-0.3, -0.25) is 4.99 Å². The number of rotatable bonds is 4. The standard InChI is InChI=1S/C19H38N4O.HI/c1-19(2,3)17-16(7-6-12-24-17)14-22-18(20-4)21-13-15-8-10-23(5)11-9-15;/h15-17H,6-14H2,1-5H3,(H2,20,21,22);1H. The quantitative estimate of drug-likeness (QED) is 0.380. The highest BCUT2D eigenvalue weighted by Crippen LogP contribution is 2.33. The van der Waals surface area contributed by atoms with Gasteiger partial charge in [-0.2, -0.15) is 0 Å². The molecule has 2 N–H and O–H groups in total. The van der Waals surface area contributed by atoms with E-state index in [2.05, 4.69) is 48.3 Å². The first-order valence-corrected chi connectivity index (χ1v) is 9.65. The molecule has 0 aromatic heterocycles. The minimum Gasteiger partial charge on any atom is -0.377 e. The minimum absolute atomic E-state index is 0. The predicted octanol–water partition coefficient (Wildman–Crippen LogP) is 2.95. The van der Waals surface area contributed by atoms with Crippen molar-refractivity contribution in [2.75, 3.05) is 46.9 Å². The molecule has 148 valence electrons. The second-order valence-corrected chi connectivity index (χ2v) is 8.64. The van der Waals surface area contributed by atoms with E-state index in [-0.39, 0.29) is 29.4 Å². The van der Waals surface area contributed by atoms with Crippen molar-refractivity contribution in [2.24, 2.45) is 22.2 Å². The number of ether oxygens (including phenoxy) is 1. The Morgan fingerprint density at radius 1 is 1.12 bits per heavy atom. The van der Waals surface area contributed by atoms with Crippen LogP contribution in [0.3, 0.4) is 0 Å². The van der Waals surface area contributed by atoms with E-state index in [4.69, 9.17) is 4.74 Å². The average Bonchev–Trinajstić information content (AvgIpc) is 2.56. The fourth-order valence-electron chi connectivity index (χ4n) is 3.97. The van der Waals surface area contributed by atoms with Crippen LogP contribution in [0.25, 0.3) is 0 Å². The van der Waals surface area contributed by atoms with Crippen molar-refractivity contribution in [1.82, 2.24) is 15.5 Å². The molecule has 0 saturated carbocycles. The zero-order valence-corrected chi connectivity index (χ0v) is 19.1. The van der Waals surface area contributed by atoms with E-state index in [1.165, 1.54) is 38.8 Å². The summed E-state index contributed by atoms with van der Waals surface area (Å²) in [6.45, 7) is 12.1. The molecule has 2 saturated heterocycles. The zero-order chi connectivity index (χ0) is 17.6. The predicted molar refractivity (Wildman–Crippen MR) is 117 cm³/mol. The van der Waals surface area contributed by atoms with Gasteiger partial charge in [0.25, 0.3) is 0 Å². The maximum atomic E-state index is 6.08. The Labute approximate surface area is 171 Å². The fourth-order valence-corrected chi connectivity index (χ4v) is 3.97. The maximum Gasteiger partial charge on any atom is 0.190 e. The van der Waals surface area contributed by atoms with Crippen LogP contribution in [0.5, 0.6) is 0 Å². The Morgan fingerprint density at radius 3 is 2.36 bits per heavy atom. The minimum atomic E-state index is 0. The number of aliphatic imine (C=N–C) groups is 1. The van der Waals surface area contributed by atoms with Gasteiger partial charge in [0.15, 0.2) is 5.96 Å². The molecule has 0 bridgehead atoms.